The van der Waals surface area contributed by atoms with Gasteiger partial charge in [0, 0.05) is 18.1 Å². The zero-order valence-corrected chi connectivity index (χ0v) is 15.6. The van der Waals surface area contributed by atoms with Crippen LogP contribution in [-0.4, -0.2) is 37.9 Å². The standard InChI is InChI=1S/C19H19N5O2S/c1-14-3-2-4-15(9-14)22-18(25)11-27-12-19(26)23-16-5-6-17(21-10-16)24-8-7-20-13-24/h2-10,13H,11-12H2,1H3,(H,22,25)(H,23,26). The summed E-state index contributed by atoms with van der Waals surface area (Å²) in [6, 6.07) is 11.1. The molecule has 0 atom stereocenters. The molecule has 2 heterocycles. The molecule has 1 aromatic carbocycles. The molecule has 0 saturated heterocycles. The van der Waals surface area contributed by atoms with Crippen LogP contribution >= 0.6 is 11.8 Å². The van der Waals surface area contributed by atoms with Gasteiger partial charge in [-0.3, -0.25) is 14.2 Å². The van der Waals surface area contributed by atoms with E-state index in [-0.39, 0.29) is 23.3 Å². The van der Waals surface area contributed by atoms with Gasteiger partial charge in [0.15, 0.2) is 0 Å². The summed E-state index contributed by atoms with van der Waals surface area (Å²) in [5.41, 5.74) is 2.44. The van der Waals surface area contributed by atoms with E-state index >= 15 is 0 Å². The molecule has 7 nitrogen and oxygen atoms in total. The lowest BCUT2D eigenvalue weighted by Gasteiger charge is -2.07. The zero-order valence-electron chi connectivity index (χ0n) is 14.8. The second kappa shape index (κ2) is 9.00. The van der Waals surface area contributed by atoms with Gasteiger partial charge in [0.1, 0.15) is 12.1 Å². The number of hydrogen-bond acceptors (Lipinski definition) is 5. The second-order valence-corrected chi connectivity index (χ2v) is 6.82. The maximum absolute atomic E-state index is 12.0. The molecule has 2 amide bonds. The Morgan fingerprint density at radius 3 is 2.48 bits per heavy atom. The molecule has 3 rings (SSSR count). The number of amides is 2. The van der Waals surface area contributed by atoms with E-state index in [0.29, 0.717) is 11.5 Å². The molecule has 3 aromatic rings. The van der Waals surface area contributed by atoms with Gasteiger partial charge in [-0.1, -0.05) is 12.1 Å². The molecule has 138 valence electrons. The summed E-state index contributed by atoms with van der Waals surface area (Å²) in [5, 5.41) is 5.58. The number of pyridine rings is 1. The van der Waals surface area contributed by atoms with Crippen molar-refractivity contribution >= 4 is 35.0 Å². The molecule has 0 bridgehead atoms. The van der Waals surface area contributed by atoms with E-state index in [2.05, 4.69) is 20.6 Å². The quantitative estimate of drug-likeness (QED) is 0.657. The molecular weight excluding hydrogens is 362 g/mol. The average molecular weight is 381 g/mol. The fraction of sp³-hybridized carbons (Fsp3) is 0.158. The largest absolute Gasteiger partial charge is 0.325 e. The van der Waals surface area contributed by atoms with Crippen LogP contribution < -0.4 is 10.6 Å². The van der Waals surface area contributed by atoms with Crippen molar-refractivity contribution in [2.45, 2.75) is 6.92 Å². The molecule has 0 fully saturated rings. The summed E-state index contributed by atoms with van der Waals surface area (Å²) in [5.74, 6) is 0.793. The Bertz CT molecular complexity index is 910. The van der Waals surface area contributed by atoms with Crippen molar-refractivity contribution in [2.24, 2.45) is 0 Å². The summed E-state index contributed by atoms with van der Waals surface area (Å²) in [6.45, 7) is 1.96. The number of carbonyl (C=O) groups is 2. The molecular formula is C19H19N5O2S. The molecule has 0 aliphatic rings. The van der Waals surface area contributed by atoms with Gasteiger partial charge < -0.3 is 10.6 Å². The third-order valence-corrected chi connectivity index (χ3v) is 4.50. The van der Waals surface area contributed by atoms with Gasteiger partial charge in [-0.15, -0.1) is 11.8 Å². The molecule has 2 N–H and O–H groups in total. The van der Waals surface area contributed by atoms with Gasteiger partial charge in [0.25, 0.3) is 0 Å². The molecule has 0 aliphatic heterocycles. The second-order valence-electron chi connectivity index (χ2n) is 5.83. The van der Waals surface area contributed by atoms with Gasteiger partial charge in [0.05, 0.1) is 23.4 Å². The van der Waals surface area contributed by atoms with Crippen LogP contribution in [0.25, 0.3) is 5.82 Å². The summed E-state index contributed by atoms with van der Waals surface area (Å²) >= 11 is 1.26. The maximum atomic E-state index is 12.0. The van der Waals surface area contributed by atoms with Crippen molar-refractivity contribution in [3.05, 3.63) is 66.9 Å². The summed E-state index contributed by atoms with van der Waals surface area (Å²) in [7, 11) is 0. The van der Waals surface area contributed by atoms with Crippen molar-refractivity contribution in [2.75, 3.05) is 22.1 Å². The van der Waals surface area contributed by atoms with Gasteiger partial charge in [-0.05, 0) is 36.8 Å². The highest BCUT2D eigenvalue weighted by Gasteiger charge is 2.07. The van der Waals surface area contributed by atoms with Gasteiger partial charge >= 0.3 is 0 Å². The number of aryl methyl sites for hydroxylation is 1. The van der Waals surface area contributed by atoms with E-state index in [9.17, 15) is 9.59 Å². The van der Waals surface area contributed by atoms with E-state index in [1.165, 1.54) is 11.8 Å². The summed E-state index contributed by atoms with van der Waals surface area (Å²) in [4.78, 5) is 32.2. The first-order valence-electron chi connectivity index (χ1n) is 8.28. The third-order valence-electron chi connectivity index (χ3n) is 3.57. The molecule has 0 aliphatic carbocycles. The van der Waals surface area contributed by atoms with E-state index in [4.69, 9.17) is 0 Å². The van der Waals surface area contributed by atoms with Crippen LogP contribution in [0.2, 0.25) is 0 Å². The maximum Gasteiger partial charge on any atom is 0.234 e. The predicted octanol–water partition coefficient (Wildman–Crippen LogP) is 2.89. The molecule has 0 unspecified atom stereocenters. The number of rotatable bonds is 7. The number of nitrogens with zero attached hydrogens (tertiary/aromatic N) is 3. The summed E-state index contributed by atoms with van der Waals surface area (Å²) < 4.78 is 1.77. The fourth-order valence-electron chi connectivity index (χ4n) is 2.36. The topological polar surface area (TPSA) is 88.9 Å². The minimum Gasteiger partial charge on any atom is -0.325 e. The Kier molecular flexibility index (Phi) is 6.22. The van der Waals surface area contributed by atoms with Crippen LogP contribution in [0.5, 0.6) is 0 Å². The van der Waals surface area contributed by atoms with Crippen molar-refractivity contribution < 1.29 is 9.59 Å². The lowest BCUT2D eigenvalue weighted by atomic mass is 10.2. The number of anilines is 2. The Morgan fingerprint density at radius 2 is 1.85 bits per heavy atom. The highest BCUT2D eigenvalue weighted by atomic mass is 32.2. The number of imidazole rings is 1. The number of nitrogens with one attached hydrogen (secondary N) is 2. The Morgan fingerprint density at radius 1 is 1.07 bits per heavy atom. The molecule has 8 heteroatoms. The molecule has 0 saturated carbocycles. The minimum atomic E-state index is -0.180. The Balaban J connectivity index is 1.41. The highest BCUT2D eigenvalue weighted by Crippen LogP contribution is 2.12. The van der Waals surface area contributed by atoms with Crippen LogP contribution in [0.4, 0.5) is 11.4 Å². The van der Waals surface area contributed by atoms with Crippen LogP contribution in [0.3, 0.4) is 0 Å². The lowest BCUT2D eigenvalue weighted by Crippen LogP contribution is -2.18. The minimum absolute atomic E-state index is 0.134. The molecule has 0 radical (unpaired) electrons. The van der Waals surface area contributed by atoms with Crippen LogP contribution in [-0.2, 0) is 9.59 Å². The first-order chi connectivity index (χ1) is 13.1. The average Bonchev–Trinajstić information content (AvgIpc) is 3.17. The molecule has 0 spiro atoms. The first kappa shape index (κ1) is 18.7. The number of aromatic nitrogens is 3. The van der Waals surface area contributed by atoms with Crippen LogP contribution in [0.1, 0.15) is 5.56 Å². The SMILES string of the molecule is Cc1cccc(NC(=O)CSCC(=O)Nc2ccc(-n3ccnc3)nc2)c1. The first-order valence-corrected chi connectivity index (χ1v) is 9.44. The van der Waals surface area contributed by atoms with Crippen molar-refractivity contribution in [3.8, 4) is 5.82 Å². The fourth-order valence-corrected chi connectivity index (χ4v) is 2.98. The Hall–Kier alpha value is -3.13. The lowest BCUT2D eigenvalue weighted by molar-refractivity contribution is -0.114. The number of thioether (sulfide) groups is 1. The number of hydrogen-bond donors (Lipinski definition) is 2. The van der Waals surface area contributed by atoms with Gasteiger partial charge in [0.2, 0.25) is 11.8 Å². The monoisotopic (exact) mass is 381 g/mol. The van der Waals surface area contributed by atoms with Crippen molar-refractivity contribution in [1.82, 2.24) is 14.5 Å². The van der Waals surface area contributed by atoms with E-state index < -0.39 is 0 Å². The third kappa shape index (κ3) is 5.68. The molecule has 27 heavy (non-hydrogen) atoms. The van der Waals surface area contributed by atoms with Crippen LogP contribution in [0.15, 0.2) is 61.3 Å². The van der Waals surface area contributed by atoms with E-state index in [1.54, 1.807) is 41.6 Å². The zero-order chi connectivity index (χ0) is 19.1. The van der Waals surface area contributed by atoms with Crippen molar-refractivity contribution in [3.63, 3.8) is 0 Å². The normalized spacial score (nSPS) is 10.4. The smallest absolute Gasteiger partial charge is 0.234 e. The van der Waals surface area contributed by atoms with E-state index in [0.717, 1.165) is 11.3 Å². The van der Waals surface area contributed by atoms with Gasteiger partial charge in [-0.2, -0.15) is 0 Å². The van der Waals surface area contributed by atoms with Crippen LogP contribution in [0, 0.1) is 6.92 Å². The summed E-state index contributed by atoms with van der Waals surface area (Å²) in [6.07, 6.45) is 6.70. The number of benzene rings is 1. The van der Waals surface area contributed by atoms with Gasteiger partial charge in [-0.25, -0.2) is 9.97 Å². The Labute approximate surface area is 161 Å². The highest BCUT2D eigenvalue weighted by molar-refractivity contribution is 8.00. The van der Waals surface area contributed by atoms with Crippen molar-refractivity contribution in [1.29, 1.82) is 0 Å². The molecule has 2 aromatic heterocycles. The predicted molar refractivity (Wildman–Crippen MR) is 107 cm³/mol. The van der Waals surface area contributed by atoms with E-state index in [1.807, 2.05) is 31.2 Å². The number of carbonyl (C=O) groups excluding carboxylic acids is 2.